The molecule has 1 heterocycles. The topological polar surface area (TPSA) is 72.6 Å². The Labute approximate surface area is 122 Å². The number of halogens is 1. The Hall–Kier alpha value is -1.95. The number of nitrogens with two attached hydrogens (primary N) is 1. The largest absolute Gasteiger partial charge is 0.380 e. The number of carbonyl (C=O) groups is 2. The molecule has 2 atom stereocenters. The maximum atomic E-state index is 13.4. The highest BCUT2D eigenvalue weighted by molar-refractivity contribution is 5.88. The van der Waals surface area contributed by atoms with E-state index in [2.05, 4.69) is 0 Å². The van der Waals surface area contributed by atoms with Crippen LogP contribution in [0.25, 0.3) is 0 Å². The minimum Gasteiger partial charge on any atom is -0.380 e. The third-order valence-corrected chi connectivity index (χ3v) is 3.56. The zero-order valence-electron chi connectivity index (χ0n) is 11.9. The van der Waals surface area contributed by atoms with E-state index in [0.29, 0.717) is 6.61 Å². The van der Waals surface area contributed by atoms with Crippen molar-refractivity contribution in [3.05, 3.63) is 35.4 Å². The van der Waals surface area contributed by atoms with Gasteiger partial charge in [-0.1, -0.05) is 24.3 Å². The molecule has 114 valence electrons. The summed E-state index contributed by atoms with van der Waals surface area (Å²) < 4.78 is 18.5. The summed E-state index contributed by atoms with van der Waals surface area (Å²) in [5.41, 5.74) is 6.99. The number of primary amides is 1. The van der Waals surface area contributed by atoms with Gasteiger partial charge in [-0.25, -0.2) is 4.39 Å². The molecule has 0 radical (unpaired) electrons. The van der Waals surface area contributed by atoms with Gasteiger partial charge in [0.05, 0.1) is 19.6 Å². The van der Waals surface area contributed by atoms with E-state index in [9.17, 15) is 14.0 Å². The number of alkyl halides is 1. The third kappa shape index (κ3) is 3.78. The number of carbonyl (C=O) groups excluding carboxylic acids is 2. The SMILES string of the molecule is COCc1cccc(CC(=O)N2C[C@H](F)C[C@H]2C(N)=O)c1. The first-order valence-corrected chi connectivity index (χ1v) is 6.81. The fourth-order valence-electron chi connectivity index (χ4n) is 2.60. The molecule has 1 aliphatic heterocycles. The van der Waals surface area contributed by atoms with E-state index in [1.54, 1.807) is 7.11 Å². The van der Waals surface area contributed by atoms with E-state index in [4.69, 9.17) is 10.5 Å². The molecule has 21 heavy (non-hydrogen) atoms. The maximum absolute atomic E-state index is 13.4. The van der Waals surface area contributed by atoms with Crippen LogP contribution in [-0.2, 0) is 27.4 Å². The van der Waals surface area contributed by atoms with Crippen LogP contribution < -0.4 is 5.73 Å². The van der Waals surface area contributed by atoms with Crippen molar-refractivity contribution < 1.29 is 18.7 Å². The van der Waals surface area contributed by atoms with Crippen LogP contribution >= 0.6 is 0 Å². The number of likely N-dealkylation sites (tertiary alicyclic amines) is 1. The van der Waals surface area contributed by atoms with Crippen LogP contribution in [0.3, 0.4) is 0 Å². The molecule has 1 aromatic carbocycles. The summed E-state index contributed by atoms with van der Waals surface area (Å²) in [5.74, 6) is -0.940. The second-order valence-corrected chi connectivity index (χ2v) is 5.23. The lowest BCUT2D eigenvalue weighted by molar-refractivity contribution is -0.136. The van der Waals surface area contributed by atoms with Gasteiger partial charge in [0.15, 0.2) is 0 Å². The Balaban J connectivity index is 2.07. The first kappa shape index (κ1) is 15.4. The molecule has 1 aliphatic rings. The molecule has 1 saturated heterocycles. The van der Waals surface area contributed by atoms with Gasteiger partial charge in [0.2, 0.25) is 11.8 Å². The average molecular weight is 294 g/mol. The second-order valence-electron chi connectivity index (χ2n) is 5.23. The number of amides is 2. The number of hydrogen-bond acceptors (Lipinski definition) is 3. The second kappa shape index (κ2) is 6.67. The van der Waals surface area contributed by atoms with Crippen molar-refractivity contribution in [2.45, 2.75) is 31.7 Å². The van der Waals surface area contributed by atoms with Crippen molar-refractivity contribution in [1.82, 2.24) is 4.90 Å². The lowest BCUT2D eigenvalue weighted by Gasteiger charge is -2.21. The quantitative estimate of drug-likeness (QED) is 0.873. The predicted molar refractivity (Wildman–Crippen MR) is 75.1 cm³/mol. The number of methoxy groups -OCH3 is 1. The summed E-state index contributed by atoms with van der Waals surface area (Å²) in [6.45, 7) is 0.395. The van der Waals surface area contributed by atoms with E-state index in [1.807, 2.05) is 24.3 Å². The maximum Gasteiger partial charge on any atom is 0.240 e. The van der Waals surface area contributed by atoms with Gasteiger partial charge in [-0.05, 0) is 11.1 Å². The number of hydrogen-bond donors (Lipinski definition) is 1. The van der Waals surface area contributed by atoms with E-state index in [1.165, 1.54) is 4.90 Å². The standard InChI is InChI=1S/C15H19FN2O3/c1-21-9-11-4-2-3-10(5-11)6-14(19)18-8-12(16)7-13(18)15(17)20/h2-5,12-13H,6-9H2,1H3,(H2,17,20)/t12-,13+/m1/s1. The first-order chi connectivity index (χ1) is 10.0. The van der Waals surface area contributed by atoms with Crippen LogP contribution in [0.1, 0.15) is 17.5 Å². The van der Waals surface area contributed by atoms with Gasteiger partial charge in [0.1, 0.15) is 12.2 Å². The molecule has 0 unspecified atom stereocenters. The molecule has 2 rings (SSSR count). The zero-order valence-corrected chi connectivity index (χ0v) is 11.9. The normalized spacial score (nSPS) is 21.5. The molecular weight excluding hydrogens is 275 g/mol. The van der Waals surface area contributed by atoms with Crippen LogP contribution in [0.5, 0.6) is 0 Å². The lowest BCUT2D eigenvalue weighted by atomic mass is 10.1. The van der Waals surface area contributed by atoms with E-state index < -0.39 is 18.1 Å². The fourth-order valence-corrected chi connectivity index (χ4v) is 2.60. The number of rotatable bonds is 5. The van der Waals surface area contributed by atoms with Crippen LogP contribution in [0.2, 0.25) is 0 Å². The number of ether oxygens (including phenoxy) is 1. The minimum absolute atomic E-state index is 0.00914. The molecule has 0 bridgehead atoms. The fraction of sp³-hybridized carbons (Fsp3) is 0.467. The van der Waals surface area contributed by atoms with Gasteiger partial charge in [0.25, 0.3) is 0 Å². The number of benzene rings is 1. The van der Waals surface area contributed by atoms with Gasteiger partial charge in [-0.3, -0.25) is 9.59 Å². The van der Waals surface area contributed by atoms with Gasteiger partial charge < -0.3 is 15.4 Å². The van der Waals surface area contributed by atoms with Gasteiger partial charge in [0, 0.05) is 13.5 Å². The molecule has 6 heteroatoms. The summed E-state index contributed by atoms with van der Waals surface area (Å²) in [7, 11) is 1.60. The summed E-state index contributed by atoms with van der Waals surface area (Å²) in [5, 5.41) is 0. The average Bonchev–Trinajstić information content (AvgIpc) is 2.82. The highest BCUT2D eigenvalue weighted by Gasteiger charge is 2.38. The molecule has 0 saturated carbocycles. The lowest BCUT2D eigenvalue weighted by Crippen LogP contribution is -2.44. The molecule has 0 aromatic heterocycles. The number of nitrogens with zero attached hydrogens (tertiary/aromatic N) is 1. The Morgan fingerprint density at radius 2 is 2.14 bits per heavy atom. The van der Waals surface area contributed by atoms with Gasteiger partial charge >= 0.3 is 0 Å². The Kier molecular flexibility index (Phi) is 4.90. The van der Waals surface area contributed by atoms with Crippen LogP contribution in [0.4, 0.5) is 4.39 Å². The monoisotopic (exact) mass is 294 g/mol. The highest BCUT2D eigenvalue weighted by Crippen LogP contribution is 2.21. The Bertz CT molecular complexity index is 535. The molecule has 2 amide bonds. The van der Waals surface area contributed by atoms with E-state index in [0.717, 1.165) is 11.1 Å². The van der Waals surface area contributed by atoms with Crippen molar-refractivity contribution in [2.24, 2.45) is 5.73 Å². The minimum atomic E-state index is -1.19. The summed E-state index contributed by atoms with van der Waals surface area (Å²) >= 11 is 0. The van der Waals surface area contributed by atoms with Crippen molar-refractivity contribution in [3.8, 4) is 0 Å². The van der Waals surface area contributed by atoms with E-state index in [-0.39, 0.29) is 25.3 Å². The Morgan fingerprint density at radius 3 is 2.81 bits per heavy atom. The van der Waals surface area contributed by atoms with E-state index >= 15 is 0 Å². The molecule has 2 N–H and O–H groups in total. The van der Waals surface area contributed by atoms with Crippen LogP contribution in [0, 0.1) is 0 Å². The van der Waals surface area contributed by atoms with Crippen molar-refractivity contribution >= 4 is 11.8 Å². The highest BCUT2D eigenvalue weighted by atomic mass is 19.1. The van der Waals surface area contributed by atoms with Crippen molar-refractivity contribution in [1.29, 1.82) is 0 Å². The molecule has 0 spiro atoms. The third-order valence-electron chi connectivity index (χ3n) is 3.56. The molecule has 1 fully saturated rings. The summed E-state index contributed by atoms with van der Waals surface area (Å²) in [6, 6.07) is 6.58. The molecule has 5 nitrogen and oxygen atoms in total. The molecule has 0 aliphatic carbocycles. The zero-order chi connectivity index (χ0) is 15.4. The van der Waals surface area contributed by atoms with Gasteiger partial charge in [-0.15, -0.1) is 0 Å². The van der Waals surface area contributed by atoms with Crippen LogP contribution in [0.15, 0.2) is 24.3 Å². The van der Waals surface area contributed by atoms with Crippen molar-refractivity contribution in [3.63, 3.8) is 0 Å². The molecule has 1 aromatic rings. The first-order valence-electron chi connectivity index (χ1n) is 6.81. The summed E-state index contributed by atoms with van der Waals surface area (Å²) in [6.07, 6.45) is -1.08. The van der Waals surface area contributed by atoms with Gasteiger partial charge in [-0.2, -0.15) is 0 Å². The van der Waals surface area contributed by atoms with Crippen molar-refractivity contribution in [2.75, 3.05) is 13.7 Å². The van der Waals surface area contributed by atoms with Crippen LogP contribution in [-0.4, -0.2) is 42.6 Å². The Morgan fingerprint density at radius 1 is 1.43 bits per heavy atom. The molecular formula is C15H19FN2O3. The predicted octanol–water partition coefficient (Wildman–Crippen LogP) is 0.800. The smallest absolute Gasteiger partial charge is 0.240 e. The summed E-state index contributed by atoms with van der Waals surface area (Å²) in [4.78, 5) is 24.8.